The number of alkyl halides is 3. The first-order chi connectivity index (χ1) is 13.6. The van der Waals surface area contributed by atoms with Crippen LogP contribution in [0.2, 0.25) is 0 Å². The van der Waals surface area contributed by atoms with Gasteiger partial charge in [0.2, 0.25) is 5.78 Å². The van der Waals surface area contributed by atoms with E-state index in [1.165, 1.54) is 6.92 Å². The lowest BCUT2D eigenvalue weighted by atomic mass is 9.88. The van der Waals surface area contributed by atoms with Crippen molar-refractivity contribution in [3.63, 3.8) is 0 Å². The van der Waals surface area contributed by atoms with Crippen LogP contribution in [0, 0.1) is 0 Å². The number of benzene rings is 1. The quantitative estimate of drug-likeness (QED) is 0.563. The minimum absolute atomic E-state index is 0.0733. The number of rotatable bonds is 4. The maximum Gasteiger partial charge on any atom is 0.416 e. The molecule has 1 aromatic carbocycles. The smallest absolute Gasteiger partial charge is 0.416 e. The summed E-state index contributed by atoms with van der Waals surface area (Å²) in [4.78, 5) is 39.6. The number of esters is 1. The van der Waals surface area contributed by atoms with Crippen molar-refractivity contribution in [3.8, 4) is 0 Å². The molecule has 0 saturated carbocycles. The van der Waals surface area contributed by atoms with E-state index in [-0.39, 0.29) is 28.3 Å². The van der Waals surface area contributed by atoms with Crippen molar-refractivity contribution in [3.05, 3.63) is 57.8 Å². The number of carbonyl (C=O) groups is 3. The van der Waals surface area contributed by atoms with Gasteiger partial charge >= 0.3 is 12.1 Å². The zero-order valence-electron chi connectivity index (χ0n) is 16.1. The molecule has 1 aliphatic heterocycles. The van der Waals surface area contributed by atoms with Crippen LogP contribution in [0.3, 0.4) is 0 Å². The fraction of sp³-hybridized carbons (Fsp3) is 0.381. The molecule has 2 aliphatic rings. The Kier molecular flexibility index (Phi) is 5.64. The molecule has 0 spiro atoms. The van der Waals surface area contributed by atoms with Crippen LogP contribution < -0.4 is 0 Å². The van der Waals surface area contributed by atoms with Gasteiger partial charge in [0.25, 0.3) is 0 Å². The number of ether oxygens (including phenoxy) is 1. The first kappa shape index (κ1) is 20.8. The highest BCUT2D eigenvalue weighted by molar-refractivity contribution is 6.24. The SMILES string of the molecule is CC1=C(COC(=O)c2ccc(C(F)(F)F)cc2)C(=O)C(C)=C(N2CCCC2)C1=O. The van der Waals surface area contributed by atoms with Crippen molar-refractivity contribution in [1.29, 1.82) is 0 Å². The predicted molar refractivity (Wildman–Crippen MR) is 97.9 cm³/mol. The Balaban J connectivity index is 1.72. The zero-order valence-corrected chi connectivity index (χ0v) is 16.1. The highest BCUT2D eigenvalue weighted by atomic mass is 19.4. The molecule has 0 radical (unpaired) electrons. The molecular formula is C21H20F3NO4. The van der Waals surface area contributed by atoms with Crippen molar-refractivity contribution in [1.82, 2.24) is 4.90 Å². The van der Waals surface area contributed by atoms with Gasteiger partial charge in [-0.15, -0.1) is 0 Å². The lowest BCUT2D eigenvalue weighted by Crippen LogP contribution is -2.33. The van der Waals surface area contributed by atoms with Crippen molar-refractivity contribution < 1.29 is 32.3 Å². The van der Waals surface area contributed by atoms with E-state index in [2.05, 4.69) is 0 Å². The zero-order chi connectivity index (χ0) is 21.3. The van der Waals surface area contributed by atoms with Crippen molar-refractivity contribution in [2.24, 2.45) is 0 Å². The monoisotopic (exact) mass is 407 g/mol. The molecule has 0 bridgehead atoms. The van der Waals surface area contributed by atoms with Crippen molar-refractivity contribution in [2.75, 3.05) is 19.7 Å². The molecular weight excluding hydrogens is 387 g/mol. The van der Waals surface area contributed by atoms with E-state index in [4.69, 9.17) is 4.74 Å². The van der Waals surface area contributed by atoms with Gasteiger partial charge in [-0.25, -0.2) is 4.79 Å². The largest absolute Gasteiger partial charge is 0.457 e. The molecule has 1 aromatic rings. The Hall–Kier alpha value is -2.90. The van der Waals surface area contributed by atoms with E-state index < -0.39 is 24.3 Å². The molecule has 1 heterocycles. The van der Waals surface area contributed by atoms with Crippen LogP contribution >= 0.6 is 0 Å². The third-order valence-corrected chi connectivity index (χ3v) is 5.20. The van der Waals surface area contributed by atoms with Crippen LogP contribution in [-0.2, 0) is 20.5 Å². The maximum atomic E-state index is 12.8. The molecule has 1 fully saturated rings. The van der Waals surface area contributed by atoms with Gasteiger partial charge in [0.1, 0.15) is 6.61 Å². The number of allylic oxidation sites excluding steroid dienone is 2. The number of hydrogen-bond donors (Lipinski definition) is 0. The summed E-state index contributed by atoms with van der Waals surface area (Å²) in [5, 5.41) is 0. The van der Waals surface area contributed by atoms with E-state index in [9.17, 15) is 27.6 Å². The molecule has 154 valence electrons. The number of halogens is 3. The number of nitrogens with zero attached hydrogens (tertiary/aromatic N) is 1. The van der Waals surface area contributed by atoms with Crippen molar-refractivity contribution >= 4 is 17.5 Å². The fourth-order valence-electron chi connectivity index (χ4n) is 3.50. The standard InChI is InChI=1S/C21H20F3NO4/c1-12-16(18(26)13(2)17(19(12)27)25-9-3-4-10-25)11-29-20(28)14-5-7-15(8-6-14)21(22,23)24/h5-8H,3-4,9-11H2,1-2H3. The van der Waals surface area contributed by atoms with Gasteiger partial charge in [0.15, 0.2) is 5.78 Å². The molecule has 0 atom stereocenters. The summed E-state index contributed by atoms with van der Waals surface area (Å²) in [5.74, 6) is -1.49. The molecule has 3 rings (SSSR count). The van der Waals surface area contributed by atoms with Gasteiger partial charge in [0.05, 0.1) is 16.8 Å². The number of Topliss-reactive ketones (excluding diaryl/α,β-unsaturated/α-hetero) is 2. The second-order valence-electron chi connectivity index (χ2n) is 7.08. The molecule has 29 heavy (non-hydrogen) atoms. The topological polar surface area (TPSA) is 63.7 Å². The highest BCUT2D eigenvalue weighted by Gasteiger charge is 2.34. The first-order valence-corrected chi connectivity index (χ1v) is 9.20. The summed E-state index contributed by atoms with van der Waals surface area (Å²) in [6, 6.07) is 3.59. The Morgan fingerprint density at radius 1 is 1.00 bits per heavy atom. The molecule has 1 saturated heterocycles. The van der Waals surface area contributed by atoms with Crippen LogP contribution in [0.4, 0.5) is 13.2 Å². The van der Waals surface area contributed by atoms with E-state index in [0.717, 1.165) is 50.2 Å². The lowest BCUT2D eigenvalue weighted by Gasteiger charge is -2.27. The summed E-state index contributed by atoms with van der Waals surface area (Å²) in [7, 11) is 0. The normalized spacial score (nSPS) is 18.0. The Morgan fingerprint density at radius 2 is 1.59 bits per heavy atom. The minimum Gasteiger partial charge on any atom is -0.457 e. The summed E-state index contributed by atoms with van der Waals surface area (Å²) in [6.07, 6.45) is -2.59. The number of carbonyl (C=O) groups excluding carboxylic acids is 3. The van der Waals surface area contributed by atoms with E-state index >= 15 is 0 Å². The Bertz CT molecular complexity index is 920. The second-order valence-corrected chi connectivity index (χ2v) is 7.08. The van der Waals surface area contributed by atoms with Crippen LogP contribution in [0.25, 0.3) is 0 Å². The lowest BCUT2D eigenvalue weighted by molar-refractivity contribution is -0.137. The number of hydrogen-bond acceptors (Lipinski definition) is 5. The van der Waals surface area contributed by atoms with E-state index in [1.807, 2.05) is 4.90 Å². The van der Waals surface area contributed by atoms with Crippen LogP contribution in [-0.4, -0.2) is 42.1 Å². The highest BCUT2D eigenvalue weighted by Crippen LogP contribution is 2.30. The predicted octanol–water partition coefficient (Wildman–Crippen LogP) is 3.70. The molecule has 0 N–H and O–H groups in total. The maximum absolute atomic E-state index is 12.8. The summed E-state index contributed by atoms with van der Waals surface area (Å²) in [5.41, 5.74) is 0.0936. The summed E-state index contributed by atoms with van der Waals surface area (Å²) < 4.78 is 42.9. The van der Waals surface area contributed by atoms with Crippen LogP contribution in [0.15, 0.2) is 46.7 Å². The minimum atomic E-state index is -4.50. The van der Waals surface area contributed by atoms with Crippen LogP contribution in [0.1, 0.15) is 42.6 Å². The van der Waals surface area contributed by atoms with Gasteiger partial charge in [-0.1, -0.05) is 0 Å². The molecule has 1 aliphatic carbocycles. The number of likely N-dealkylation sites (tertiary alicyclic amines) is 1. The third-order valence-electron chi connectivity index (χ3n) is 5.20. The van der Waals surface area contributed by atoms with Gasteiger partial charge < -0.3 is 9.64 Å². The average molecular weight is 407 g/mol. The van der Waals surface area contributed by atoms with E-state index in [1.54, 1.807) is 6.92 Å². The molecule has 8 heteroatoms. The van der Waals surface area contributed by atoms with Gasteiger partial charge in [-0.05, 0) is 51.0 Å². The van der Waals surface area contributed by atoms with Crippen molar-refractivity contribution in [2.45, 2.75) is 32.9 Å². The fourth-order valence-corrected chi connectivity index (χ4v) is 3.50. The Morgan fingerprint density at radius 3 is 2.14 bits per heavy atom. The third kappa shape index (κ3) is 4.11. The van der Waals surface area contributed by atoms with Gasteiger partial charge in [0, 0.05) is 29.8 Å². The Labute approximate surface area is 165 Å². The summed E-state index contributed by atoms with van der Waals surface area (Å²) in [6.45, 7) is 4.12. The molecule has 0 unspecified atom stereocenters. The van der Waals surface area contributed by atoms with Crippen LogP contribution in [0.5, 0.6) is 0 Å². The number of ketones is 2. The van der Waals surface area contributed by atoms with Gasteiger partial charge in [-0.2, -0.15) is 13.2 Å². The van der Waals surface area contributed by atoms with E-state index in [0.29, 0.717) is 11.3 Å². The second kappa shape index (κ2) is 7.85. The molecule has 0 aromatic heterocycles. The molecule has 5 nitrogen and oxygen atoms in total. The average Bonchev–Trinajstić information content (AvgIpc) is 3.20. The summed E-state index contributed by atoms with van der Waals surface area (Å²) >= 11 is 0. The molecule has 0 amide bonds. The first-order valence-electron chi connectivity index (χ1n) is 9.20. The van der Waals surface area contributed by atoms with Gasteiger partial charge in [-0.3, -0.25) is 9.59 Å².